The van der Waals surface area contributed by atoms with Crippen LogP contribution < -0.4 is 0 Å². The van der Waals surface area contributed by atoms with Gasteiger partial charge in [-0.15, -0.1) is 0 Å². The van der Waals surface area contributed by atoms with Crippen molar-refractivity contribution >= 4 is 11.9 Å². The summed E-state index contributed by atoms with van der Waals surface area (Å²) in [6.07, 6.45) is 3.69. The lowest BCUT2D eigenvalue weighted by Crippen LogP contribution is -2.20. The number of ether oxygens (including phenoxy) is 4. The molecule has 0 radical (unpaired) electrons. The van der Waals surface area contributed by atoms with Gasteiger partial charge in [-0.05, 0) is 0 Å². The maximum atomic E-state index is 11.4. The van der Waals surface area contributed by atoms with E-state index in [2.05, 4.69) is 0 Å². The number of carbonyl (C=O) groups excluding carboxylic acids is 2. The summed E-state index contributed by atoms with van der Waals surface area (Å²) >= 11 is 0. The molecule has 0 aliphatic rings. The first-order valence-corrected chi connectivity index (χ1v) is 6.72. The standard InChI is InChI=1S/C14H24O6/c1-5-7-13(17-3)19-11(15)9-10-12(16)20-14(18-4)8-6-2/h9-10,13-14H,5-8H2,1-4H3/b10-9-. The smallest absolute Gasteiger partial charge is 0.333 e. The summed E-state index contributed by atoms with van der Waals surface area (Å²) in [5.74, 6) is -1.29. The predicted molar refractivity (Wildman–Crippen MR) is 72.7 cm³/mol. The van der Waals surface area contributed by atoms with Crippen LogP contribution in [0.15, 0.2) is 12.2 Å². The molecule has 6 heteroatoms. The third-order valence-corrected chi connectivity index (χ3v) is 2.43. The molecule has 0 rings (SSSR count). The third kappa shape index (κ3) is 8.66. The van der Waals surface area contributed by atoms with Gasteiger partial charge >= 0.3 is 11.9 Å². The van der Waals surface area contributed by atoms with Crippen LogP contribution in [0.2, 0.25) is 0 Å². The molecule has 0 aromatic carbocycles. The van der Waals surface area contributed by atoms with Crippen molar-refractivity contribution in [2.75, 3.05) is 14.2 Å². The Bertz CT molecular complexity index is 283. The Balaban J connectivity index is 4.19. The Morgan fingerprint density at radius 1 is 0.850 bits per heavy atom. The van der Waals surface area contributed by atoms with Crippen LogP contribution in [0.5, 0.6) is 0 Å². The molecule has 0 amide bonds. The van der Waals surface area contributed by atoms with Gasteiger partial charge in [0.25, 0.3) is 0 Å². The Labute approximate surface area is 120 Å². The largest absolute Gasteiger partial charge is 0.433 e. The van der Waals surface area contributed by atoms with E-state index in [-0.39, 0.29) is 0 Å². The van der Waals surface area contributed by atoms with E-state index >= 15 is 0 Å². The molecule has 20 heavy (non-hydrogen) atoms. The van der Waals surface area contributed by atoms with Gasteiger partial charge in [-0.3, -0.25) is 0 Å². The normalized spacial score (nSPS) is 14.0. The van der Waals surface area contributed by atoms with Crippen molar-refractivity contribution in [1.29, 1.82) is 0 Å². The molecule has 0 heterocycles. The molecule has 0 aromatic rings. The zero-order valence-electron chi connectivity index (χ0n) is 12.6. The lowest BCUT2D eigenvalue weighted by atomic mass is 10.3. The molecule has 0 saturated heterocycles. The summed E-state index contributed by atoms with van der Waals surface area (Å²) < 4.78 is 19.9. The van der Waals surface area contributed by atoms with Crippen LogP contribution in [-0.4, -0.2) is 38.7 Å². The second-order valence-electron chi connectivity index (χ2n) is 4.11. The van der Waals surface area contributed by atoms with E-state index in [9.17, 15) is 9.59 Å². The summed E-state index contributed by atoms with van der Waals surface area (Å²) in [5.41, 5.74) is 0. The van der Waals surface area contributed by atoms with E-state index in [1.807, 2.05) is 13.8 Å². The van der Waals surface area contributed by atoms with Crippen LogP contribution in [0.3, 0.4) is 0 Å². The van der Waals surface area contributed by atoms with E-state index < -0.39 is 24.5 Å². The fourth-order valence-electron chi connectivity index (χ4n) is 1.39. The van der Waals surface area contributed by atoms with Crippen molar-refractivity contribution in [3.63, 3.8) is 0 Å². The van der Waals surface area contributed by atoms with E-state index in [0.29, 0.717) is 12.8 Å². The third-order valence-electron chi connectivity index (χ3n) is 2.43. The van der Waals surface area contributed by atoms with Gasteiger partial charge in [-0.2, -0.15) is 0 Å². The first kappa shape index (κ1) is 18.6. The molecule has 2 unspecified atom stereocenters. The van der Waals surface area contributed by atoms with Gasteiger partial charge in [0.2, 0.25) is 12.6 Å². The molecule has 0 fully saturated rings. The van der Waals surface area contributed by atoms with Gasteiger partial charge in [-0.1, -0.05) is 26.7 Å². The number of rotatable bonds is 10. The molecular formula is C14H24O6. The number of hydrogen-bond acceptors (Lipinski definition) is 6. The predicted octanol–water partition coefficient (Wildman–Crippen LogP) is 2.17. The summed E-state index contributed by atoms with van der Waals surface area (Å²) in [6, 6.07) is 0. The average Bonchev–Trinajstić information content (AvgIpc) is 2.44. The van der Waals surface area contributed by atoms with Crippen LogP contribution >= 0.6 is 0 Å². The highest BCUT2D eigenvalue weighted by molar-refractivity contribution is 5.91. The Morgan fingerprint density at radius 3 is 1.45 bits per heavy atom. The van der Waals surface area contributed by atoms with E-state index in [4.69, 9.17) is 18.9 Å². The summed E-state index contributed by atoms with van der Waals surface area (Å²) in [4.78, 5) is 22.9. The highest BCUT2D eigenvalue weighted by atomic mass is 16.7. The lowest BCUT2D eigenvalue weighted by molar-refractivity contribution is -0.171. The molecule has 0 aromatic heterocycles. The average molecular weight is 288 g/mol. The van der Waals surface area contributed by atoms with Gasteiger partial charge in [0.1, 0.15) is 0 Å². The number of carbonyl (C=O) groups is 2. The number of esters is 2. The van der Waals surface area contributed by atoms with Gasteiger partial charge in [0.05, 0.1) is 0 Å². The van der Waals surface area contributed by atoms with Crippen molar-refractivity contribution in [3.05, 3.63) is 12.2 Å². The van der Waals surface area contributed by atoms with Gasteiger partial charge in [0, 0.05) is 39.2 Å². The second kappa shape index (κ2) is 11.4. The lowest BCUT2D eigenvalue weighted by Gasteiger charge is -2.14. The first-order valence-electron chi connectivity index (χ1n) is 6.72. The number of methoxy groups -OCH3 is 2. The highest BCUT2D eigenvalue weighted by Crippen LogP contribution is 2.05. The monoisotopic (exact) mass is 288 g/mol. The minimum Gasteiger partial charge on any atom is -0.433 e. The van der Waals surface area contributed by atoms with Crippen LogP contribution in [0.4, 0.5) is 0 Å². The van der Waals surface area contributed by atoms with Crippen molar-refractivity contribution < 1.29 is 28.5 Å². The fraction of sp³-hybridized carbons (Fsp3) is 0.714. The molecule has 0 N–H and O–H groups in total. The molecule has 0 saturated carbocycles. The Kier molecular flexibility index (Phi) is 10.6. The number of hydrogen-bond donors (Lipinski definition) is 0. The molecule has 0 aliphatic heterocycles. The van der Waals surface area contributed by atoms with Gasteiger partial charge in [0.15, 0.2) is 0 Å². The summed E-state index contributed by atoms with van der Waals surface area (Å²) in [5, 5.41) is 0. The summed E-state index contributed by atoms with van der Waals surface area (Å²) in [7, 11) is 2.92. The molecule has 6 nitrogen and oxygen atoms in total. The second-order valence-corrected chi connectivity index (χ2v) is 4.11. The first-order chi connectivity index (χ1) is 9.57. The molecule has 116 valence electrons. The molecule has 0 spiro atoms. The summed E-state index contributed by atoms with van der Waals surface area (Å²) in [6.45, 7) is 3.90. The fourth-order valence-corrected chi connectivity index (χ4v) is 1.39. The zero-order valence-corrected chi connectivity index (χ0v) is 12.6. The zero-order chi connectivity index (χ0) is 15.4. The highest BCUT2D eigenvalue weighted by Gasteiger charge is 2.12. The van der Waals surface area contributed by atoms with Crippen LogP contribution in [0, 0.1) is 0 Å². The van der Waals surface area contributed by atoms with Crippen LogP contribution in [0.25, 0.3) is 0 Å². The molecule has 2 atom stereocenters. The maximum absolute atomic E-state index is 11.4. The Morgan fingerprint density at radius 2 is 1.20 bits per heavy atom. The van der Waals surface area contributed by atoms with Gasteiger partial charge in [-0.25, -0.2) is 9.59 Å². The van der Waals surface area contributed by atoms with Crippen molar-refractivity contribution in [2.24, 2.45) is 0 Å². The minimum atomic E-state index is -0.647. The molecule has 0 aliphatic carbocycles. The minimum absolute atomic E-state index is 0.597. The van der Waals surface area contributed by atoms with Gasteiger partial charge < -0.3 is 18.9 Å². The quantitative estimate of drug-likeness (QED) is 0.348. The van der Waals surface area contributed by atoms with Crippen LogP contribution in [0.1, 0.15) is 39.5 Å². The van der Waals surface area contributed by atoms with E-state index in [1.165, 1.54) is 14.2 Å². The van der Waals surface area contributed by atoms with E-state index in [0.717, 1.165) is 25.0 Å². The maximum Gasteiger partial charge on any atom is 0.333 e. The molecule has 0 bridgehead atoms. The Hall–Kier alpha value is -1.40. The van der Waals surface area contributed by atoms with Crippen molar-refractivity contribution in [2.45, 2.75) is 52.1 Å². The van der Waals surface area contributed by atoms with E-state index in [1.54, 1.807) is 0 Å². The SMILES string of the molecule is CCCC(OC)OC(=O)/C=C\C(=O)OC(CCC)OC. The van der Waals surface area contributed by atoms with Crippen LogP contribution in [-0.2, 0) is 28.5 Å². The van der Waals surface area contributed by atoms with Crippen molar-refractivity contribution in [3.8, 4) is 0 Å². The topological polar surface area (TPSA) is 71.1 Å². The van der Waals surface area contributed by atoms with Crippen molar-refractivity contribution in [1.82, 2.24) is 0 Å². The molecular weight excluding hydrogens is 264 g/mol.